The van der Waals surface area contributed by atoms with E-state index in [1.165, 1.54) is 12.8 Å². The number of carbonyl (C=O) groups is 1. The molecule has 0 bridgehead atoms. The highest BCUT2D eigenvalue weighted by Crippen LogP contribution is 2.25. The van der Waals surface area contributed by atoms with E-state index in [1.807, 2.05) is 10.6 Å². The van der Waals surface area contributed by atoms with E-state index >= 15 is 0 Å². The fourth-order valence-corrected chi connectivity index (χ4v) is 2.61. The number of aliphatic hydroxyl groups is 2. The second kappa shape index (κ2) is 11.8. The van der Waals surface area contributed by atoms with Gasteiger partial charge in [0, 0.05) is 25.5 Å². The van der Waals surface area contributed by atoms with Gasteiger partial charge in [-0.05, 0) is 19.3 Å². The fraction of sp³-hybridized carbons (Fsp3) is 0.667. The largest absolute Gasteiger partial charge is 0.481 e. The average molecular weight is 338 g/mol. The second-order valence-electron chi connectivity index (χ2n) is 6.10. The summed E-state index contributed by atoms with van der Waals surface area (Å²) in [5, 5.41) is 28.7. The van der Waals surface area contributed by atoms with Crippen molar-refractivity contribution in [3.05, 3.63) is 30.4 Å². The Hall–Kier alpha value is -1.66. The number of aromatic nitrogens is 2. The molecule has 0 spiro atoms. The molecule has 0 aliphatic rings. The first-order chi connectivity index (χ1) is 11.6. The Balaban J connectivity index is 2.54. The first-order valence-electron chi connectivity index (χ1n) is 8.75. The molecule has 0 fully saturated rings. The number of carboxylic acids is 1. The van der Waals surface area contributed by atoms with Crippen LogP contribution in [0.1, 0.15) is 63.7 Å². The molecule has 6 heteroatoms. The number of hydrogen-bond acceptors (Lipinski definition) is 4. The summed E-state index contributed by atoms with van der Waals surface area (Å²) in [6, 6.07) is 0. The van der Waals surface area contributed by atoms with Crippen LogP contribution in [0.3, 0.4) is 0 Å². The smallest absolute Gasteiger partial charge is 0.303 e. The van der Waals surface area contributed by atoms with E-state index in [0.29, 0.717) is 12.8 Å². The van der Waals surface area contributed by atoms with Crippen molar-refractivity contribution >= 4 is 5.97 Å². The van der Waals surface area contributed by atoms with Crippen molar-refractivity contribution in [2.45, 2.75) is 64.5 Å². The highest BCUT2D eigenvalue weighted by molar-refractivity contribution is 5.66. The highest BCUT2D eigenvalue weighted by Gasteiger charge is 2.22. The average Bonchev–Trinajstić information content (AvgIpc) is 3.02. The van der Waals surface area contributed by atoms with Crippen molar-refractivity contribution in [2.75, 3.05) is 6.61 Å². The molecular weight excluding hydrogens is 308 g/mol. The van der Waals surface area contributed by atoms with Gasteiger partial charge in [0.2, 0.25) is 0 Å². The molecule has 2 atom stereocenters. The lowest BCUT2D eigenvalue weighted by Gasteiger charge is -2.21. The Morgan fingerprint density at radius 2 is 2.12 bits per heavy atom. The van der Waals surface area contributed by atoms with Crippen LogP contribution in [-0.4, -0.2) is 37.4 Å². The molecule has 0 aliphatic heterocycles. The van der Waals surface area contributed by atoms with Crippen molar-refractivity contribution in [2.24, 2.45) is 5.92 Å². The first-order valence-corrected chi connectivity index (χ1v) is 8.75. The van der Waals surface area contributed by atoms with E-state index in [2.05, 4.69) is 11.9 Å². The predicted molar refractivity (Wildman–Crippen MR) is 92.5 cm³/mol. The molecule has 0 saturated carbocycles. The van der Waals surface area contributed by atoms with Crippen molar-refractivity contribution in [3.63, 3.8) is 0 Å². The zero-order chi connectivity index (χ0) is 17.8. The molecule has 1 aromatic rings. The number of allylic oxidation sites excluding steroid dienone is 2. The van der Waals surface area contributed by atoms with E-state index in [4.69, 9.17) is 5.11 Å². The lowest BCUT2D eigenvalue weighted by atomic mass is 9.96. The number of unbranched alkanes of at least 4 members (excludes halogenated alkanes) is 3. The van der Waals surface area contributed by atoms with Crippen LogP contribution in [0.4, 0.5) is 0 Å². The number of nitrogens with zero attached hydrogens (tertiary/aromatic N) is 2. The van der Waals surface area contributed by atoms with Crippen molar-refractivity contribution in [1.82, 2.24) is 9.55 Å². The zero-order valence-electron chi connectivity index (χ0n) is 14.5. The minimum Gasteiger partial charge on any atom is -0.481 e. The van der Waals surface area contributed by atoms with Gasteiger partial charge in [0.1, 0.15) is 6.10 Å². The van der Waals surface area contributed by atoms with Gasteiger partial charge < -0.3 is 19.9 Å². The van der Waals surface area contributed by atoms with Gasteiger partial charge in [0.25, 0.3) is 0 Å². The molecule has 0 radical (unpaired) electrons. The van der Waals surface area contributed by atoms with Crippen LogP contribution in [0.2, 0.25) is 0 Å². The summed E-state index contributed by atoms with van der Waals surface area (Å²) in [6.07, 6.45) is 11.8. The number of aliphatic hydroxyl groups excluding tert-OH is 2. The van der Waals surface area contributed by atoms with Crippen molar-refractivity contribution < 1.29 is 20.1 Å². The van der Waals surface area contributed by atoms with Crippen molar-refractivity contribution in [1.29, 1.82) is 0 Å². The van der Waals surface area contributed by atoms with Crippen LogP contribution in [0, 0.1) is 5.92 Å². The van der Waals surface area contributed by atoms with E-state index in [1.54, 1.807) is 18.6 Å². The summed E-state index contributed by atoms with van der Waals surface area (Å²) in [4.78, 5) is 14.6. The summed E-state index contributed by atoms with van der Waals surface area (Å²) >= 11 is 0. The molecule has 0 aliphatic carbocycles. The normalized spacial score (nSPS) is 14.1. The number of carboxylic acid groups (broad SMARTS) is 1. The minimum atomic E-state index is -0.828. The predicted octanol–water partition coefficient (Wildman–Crippen LogP) is 2.92. The molecule has 24 heavy (non-hydrogen) atoms. The first kappa shape index (κ1) is 20.4. The van der Waals surface area contributed by atoms with Gasteiger partial charge in [0.05, 0.1) is 18.2 Å². The van der Waals surface area contributed by atoms with Gasteiger partial charge >= 0.3 is 5.97 Å². The third kappa shape index (κ3) is 7.27. The summed E-state index contributed by atoms with van der Waals surface area (Å²) in [5.74, 6) is -1.15. The zero-order valence-corrected chi connectivity index (χ0v) is 14.5. The molecule has 0 aromatic carbocycles. The lowest BCUT2D eigenvalue weighted by Crippen LogP contribution is -2.19. The molecular formula is C18H30N2O4. The number of imidazole rings is 1. The maximum atomic E-state index is 10.5. The SMILES string of the molecule is CCCCCCn1cncc1C(O)[C@H](CO)C/C=C\CCC(=O)O. The van der Waals surface area contributed by atoms with Gasteiger partial charge in [-0.15, -0.1) is 0 Å². The van der Waals surface area contributed by atoms with Crippen LogP contribution in [0.5, 0.6) is 0 Å². The molecule has 1 heterocycles. The minimum absolute atomic E-state index is 0.0907. The Labute approximate surface area is 143 Å². The monoisotopic (exact) mass is 338 g/mol. The summed E-state index contributed by atoms with van der Waals surface area (Å²) in [6.45, 7) is 2.85. The number of rotatable bonds is 13. The van der Waals surface area contributed by atoms with Crippen LogP contribution >= 0.6 is 0 Å². The quantitative estimate of drug-likeness (QED) is 0.380. The second-order valence-corrected chi connectivity index (χ2v) is 6.10. The van der Waals surface area contributed by atoms with E-state index in [9.17, 15) is 15.0 Å². The molecule has 0 saturated heterocycles. The van der Waals surface area contributed by atoms with E-state index in [0.717, 1.165) is 25.1 Å². The van der Waals surface area contributed by atoms with Crippen molar-refractivity contribution in [3.8, 4) is 0 Å². The third-order valence-electron chi connectivity index (χ3n) is 4.11. The maximum Gasteiger partial charge on any atom is 0.303 e. The number of aliphatic carboxylic acids is 1. The molecule has 3 N–H and O–H groups in total. The summed E-state index contributed by atoms with van der Waals surface area (Å²) < 4.78 is 1.96. The summed E-state index contributed by atoms with van der Waals surface area (Å²) in [5.41, 5.74) is 0.726. The molecule has 6 nitrogen and oxygen atoms in total. The number of hydrogen-bond donors (Lipinski definition) is 3. The van der Waals surface area contributed by atoms with Crippen LogP contribution < -0.4 is 0 Å². The Morgan fingerprint density at radius 1 is 1.33 bits per heavy atom. The van der Waals surface area contributed by atoms with Crippen LogP contribution in [0.25, 0.3) is 0 Å². The standard InChI is InChI=1S/C18H30N2O4/c1-2-3-4-8-11-20-14-19-12-16(20)18(24)15(13-21)9-6-5-7-10-17(22)23/h5-6,12,14-15,18,21,24H,2-4,7-11,13H2,1H3,(H,22,23)/b6-5-/t15-,18?/m0/s1. The van der Waals surface area contributed by atoms with Gasteiger partial charge in [-0.1, -0.05) is 38.3 Å². The molecule has 1 rings (SSSR count). The molecule has 1 aromatic heterocycles. The van der Waals surface area contributed by atoms with E-state index in [-0.39, 0.29) is 18.9 Å². The summed E-state index contributed by atoms with van der Waals surface area (Å²) in [7, 11) is 0. The Bertz CT molecular complexity index is 499. The van der Waals surface area contributed by atoms with Crippen LogP contribution in [-0.2, 0) is 11.3 Å². The third-order valence-corrected chi connectivity index (χ3v) is 4.11. The maximum absolute atomic E-state index is 10.5. The van der Waals surface area contributed by atoms with Crippen LogP contribution in [0.15, 0.2) is 24.7 Å². The van der Waals surface area contributed by atoms with Gasteiger partial charge in [-0.2, -0.15) is 0 Å². The van der Waals surface area contributed by atoms with E-state index < -0.39 is 12.1 Å². The molecule has 0 amide bonds. The fourth-order valence-electron chi connectivity index (χ4n) is 2.61. The number of aryl methyl sites for hydroxylation is 1. The van der Waals surface area contributed by atoms with Gasteiger partial charge in [0.15, 0.2) is 0 Å². The molecule has 1 unspecified atom stereocenters. The van der Waals surface area contributed by atoms with Gasteiger partial charge in [-0.25, -0.2) is 4.98 Å². The lowest BCUT2D eigenvalue weighted by molar-refractivity contribution is -0.136. The Kier molecular flexibility index (Phi) is 10.0. The van der Waals surface area contributed by atoms with Gasteiger partial charge in [-0.3, -0.25) is 4.79 Å². The molecule has 136 valence electrons. The topological polar surface area (TPSA) is 95.6 Å². The highest BCUT2D eigenvalue weighted by atomic mass is 16.4. The Morgan fingerprint density at radius 3 is 2.79 bits per heavy atom.